The minimum absolute atomic E-state index is 0.173. The van der Waals surface area contributed by atoms with Crippen LogP contribution < -0.4 is 4.74 Å². The lowest BCUT2D eigenvalue weighted by Crippen LogP contribution is -2.20. The van der Waals surface area contributed by atoms with Crippen LogP contribution in [0.3, 0.4) is 0 Å². The SMILES string of the molecule is O=Cc1cccc(C(=O)CCl)c1OC(F)(F)F. The van der Waals surface area contributed by atoms with Crippen LogP contribution in [-0.2, 0) is 0 Å². The van der Waals surface area contributed by atoms with E-state index in [2.05, 4.69) is 4.74 Å². The topological polar surface area (TPSA) is 43.4 Å². The summed E-state index contributed by atoms with van der Waals surface area (Å²) in [6.45, 7) is 0. The Morgan fingerprint density at radius 2 is 2.06 bits per heavy atom. The molecule has 0 saturated carbocycles. The number of rotatable bonds is 4. The second-order valence-corrected chi connectivity index (χ2v) is 3.21. The highest BCUT2D eigenvalue weighted by Gasteiger charge is 2.34. The lowest BCUT2D eigenvalue weighted by atomic mass is 10.1. The molecular weight excluding hydrogens is 261 g/mol. The third kappa shape index (κ3) is 3.45. The Morgan fingerprint density at radius 1 is 1.41 bits per heavy atom. The van der Waals surface area contributed by atoms with Gasteiger partial charge in [-0.2, -0.15) is 0 Å². The lowest BCUT2D eigenvalue weighted by molar-refractivity contribution is -0.274. The van der Waals surface area contributed by atoms with Gasteiger partial charge in [-0.1, -0.05) is 6.07 Å². The van der Waals surface area contributed by atoms with E-state index >= 15 is 0 Å². The van der Waals surface area contributed by atoms with Gasteiger partial charge < -0.3 is 4.74 Å². The smallest absolute Gasteiger partial charge is 0.404 e. The molecule has 0 amide bonds. The minimum Gasteiger partial charge on any atom is -0.404 e. The summed E-state index contributed by atoms with van der Waals surface area (Å²) in [6, 6.07) is 3.49. The maximum absolute atomic E-state index is 12.1. The fourth-order valence-corrected chi connectivity index (χ4v) is 1.31. The predicted molar refractivity (Wildman–Crippen MR) is 53.6 cm³/mol. The molecule has 0 atom stereocenters. The van der Waals surface area contributed by atoms with Crippen molar-refractivity contribution in [2.24, 2.45) is 0 Å². The number of ketones is 1. The highest BCUT2D eigenvalue weighted by molar-refractivity contribution is 6.31. The van der Waals surface area contributed by atoms with E-state index < -0.39 is 23.8 Å². The maximum atomic E-state index is 12.1. The van der Waals surface area contributed by atoms with E-state index in [1.165, 1.54) is 6.07 Å². The van der Waals surface area contributed by atoms with Crippen molar-refractivity contribution in [1.82, 2.24) is 0 Å². The fraction of sp³-hybridized carbons (Fsp3) is 0.200. The number of benzene rings is 1. The summed E-state index contributed by atoms with van der Waals surface area (Å²) in [6.07, 6.45) is -4.81. The lowest BCUT2D eigenvalue weighted by Gasteiger charge is -2.13. The minimum atomic E-state index is -4.99. The Morgan fingerprint density at radius 3 is 2.53 bits per heavy atom. The monoisotopic (exact) mass is 266 g/mol. The summed E-state index contributed by atoms with van der Waals surface area (Å²) in [5, 5.41) is 0. The van der Waals surface area contributed by atoms with Gasteiger partial charge in [0.1, 0.15) is 0 Å². The van der Waals surface area contributed by atoms with Gasteiger partial charge in [0, 0.05) is 0 Å². The number of ether oxygens (including phenoxy) is 1. The van der Waals surface area contributed by atoms with E-state index in [-0.39, 0.29) is 17.4 Å². The molecule has 0 aliphatic rings. The molecule has 92 valence electrons. The summed E-state index contributed by atoms with van der Waals surface area (Å²) < 4.78 is 40.0. The van der Waals surface area contributed by atoms with Crippen LogP contribution in [0.5, 0.6) is 5.75 Å². The van der Waals surface area contributed by atoms with Gasteiger partial charge in [-0.3, -0.25) is 9.59 Å². The van der Waals surface area contributed by atoms with E-state index in [0.29, 0.717) is 0 Å². The molecule has 0 heterocycles. The average molecular weight is 267 g/mol. The first-order valence-corrected chi connectivity index (χ1v) is 4.85. The number of carbonyl (C=O) groups is 2. The molecule has 0 saturated heterocycles. The number of alkyl halides is 4. The number of para-hydroxylation sites is 1. The van der Waals surface area contributed by atoms with Gasteiger partial charge in [0.25, 0.3) is 0 Å². The van der Waals surface area contributed by atoms with Gasteiger partial charge in [-0.25, -0.2) is 0 Å². The molecule has 1 aromatic carbocycles. The van der Waals surface area contributed by atoms with Crippen molar-refractivity contribution < 1.29 is 27.5 Å². The first kappa shape index (κ1) is 13.5. The first-order valence-electron chi connectivity index (χ1n) is 4.32. The van der Waals surface area contributed by atoms with Crippen molar-refractivity contribution in [3.8, 4) is 5.75 Å². The third-order valence-electron chi connectivity index (χ3n) is 1.81. The molecule has 0 radical (unpaired) electrons. The van der Waals surface area contributed by atoms with Crippen molar-refractivity contribution >= 4 is 23.7 Å². The molecule has 0 aliphatic heterocycles. The Kier molecular flexibility index (Phi) is 4.11. The van der Waals surface area contributed by atoms with Crippen LogP contribution in [-0.4, -0.2) is 24.3 Å². The van der Waals surface area contributed by atoms with Crippen molar-refractivity contribution in [2.45, 2.75) is 6.36 Å². The molecule has 0 N–H and O–H groups in total. The van der Waals surface area contributed by atoms with Crippen LogP contribution in [0.2, 0.25) is 0 Å². The average Bonchev–Trinajstić information content (AvgIpc) is 2.26. The van der Waals surface area contributed by atoms with E-state index in [9.17, 15) is 22.8 Å². The van der Waals surface area contributed by atoms with Gasteiger partial charge in [0.15, 0.2) is 17.8 Å². The largest absolute Gasteiger partial charge is 0.573 e. The molecule has 1 aromatic rings. The second kappa shape index (κ2) is 5.18. The van der Waals surface area contributed by atoms with Crippen molar-refractivity contribution in [3.05, 3.63) is 29.3 Å². The second-order valence-electron chi connectivity index (χ2n) is 2.95. The molecule has 0 aliphatic carbocycles. The molecule has 0 unspecified atom stereocenters. The van der Waals surface area contributed by atoms with Gasteiger partial charge in [0.05, 0.1) is 17.0 Å². The fourth-order valence-electron chi connectivity index (χ4n) is 1.17. The standard InChI is InChI=1S/C10H6ClF3O3/c11-4-8(16)7-3-1-2-6(5-15)9(7)17-10(12,13)14/h1-3,5H,4H2. The van der Waals surface area contributed by atoms with Crippen LogP contribution in [0.1, 0.15) is 20.7 Å². The number of hydrogen-bond acceptors (Lipinski definition) is 3. The molecule has 0 bridgehead atoms. The van der Waals surface area contributed by atoms with E-state index in [4.69, 9.17) is 11.6 Å². The molecule has 0 aromatic heterocycles. The third-order valence-corrected chi connectivity index (χ3v) is 2.05. The molecule has 3 nitrogen and oxygen atoms in total. The van der Waals surface area contributed by atoms with Gasteiger partial charge >= 0.3 is 6.36 Å². The summed E-state index contributed by atoms with van der Waals surface area (Å²) in [5.41, 5.74) is -0.736. The molecule has 17 heavy (non-hydrogen) atoms. The molecule has 7 heteroatoms. The normalized spacial score (nSPS) is 11.1. The molecule has 1 rings (SSSR count). The van der Waals surface area contributed by atoms with Crippen LogP contribution >= 0.6 is 11.6 Å². The van der Waals surface area contributed by atoms with Crippen LogP contribution in [0.25, 0.3) is 0 Å². The zero-order chi connectivity index (χ0) is 13.1. The van der Waals surface area contributed by atoms with Crippen LogP contribution in [0.4, 0.5) is 13.2 Å². The van der Waals surface area contributed by atoms with E-state index in [1.54, 1.807) is 0 Å². The highest BCUT2D eigenvalue weighted by Crippen LogP contribution is 2.29. The maximum Gasteiger partial charge on any atom is 0.573 e. The number of hydrogen-bond donors (Lipinski definition) is 0. The van der Waals surface area contributed by atoms with Crippen LogP contribution in [0.15, 0.2) is 18.2 Å². The van der Waals surface area contributed by atoms with Crippen LogP contribution in [0, 0.1) is 0 Å². The summed E-state index contributed by atoms with van der Waals surface area (Å²) >= 11 is 5.25. The number of halogens is 4. The number of Topliss-reactive ketones (excluding diaryl/α,β-unsaturated/α-hetero) is 1. The summed E-state index contributed by atoms with van der Waals surface area (Å²) in [5.74, 6) is -2.08. The molecular formula is C10H6ClF3O3. The Balaban J connectivity index is 3.30. The van der Waals surface area contributed by atoms with Crippen molar-refractivity contribution in [3.63, 3.8) is 0 Å². The molecule has 0 fully saturated rings. The van der Waals surface area contributed by atoms with Crippen molar-refractivity contribution in [1.29, 1.82) is 0 Å². The van der Waals surface area contributed by atoms with Gasteiger partial charge in [-0.15, -0.1) is 24.8 Å². The highest BCUT2D eigenvalue weighted by atomic mass is 35.5. The quantitative estimate of drug-likeness (QED) is 0.478. The number of carbonyl (C=O) groups excluding carboxylic acids is 2. The first-order chi connectivity index (χ1) is 7.89. The summed E-state index contributed by atoms with van der Waals surface area (Å²) in [4.78, 5) is 21.9. The summed E-state index contributed by atoms with van der Waals surface area (Å²) in [7, 11) is 0. The van der Waals surface area contributed by atoms with Gasteiger partial charge in [0.2, 0.25) is 0 Å². The van der Waals surface area contributed by atoms with E-state index in [0.717, 1.165) is 12.1 Å². The number of aldehydes is 1. The predicted octanol–water partition coefficient (Wildman–Crippen LogP) is 2.82. The Labute approximate surface area is 99.1 Å². The van der Waals surface area contributed by atoms with Gasteiger partial charge in [-0.05, 0) is 12.1 Å². The zero-order valence-electron chi connectivity index (χ0n) is 8.25. The van der Waals surface area contributed by atoms with Crippen molar-refractivity contribution in [2.75, 3.05) is 5.88 Å². The molecule has 0 spiro atoms. The van der Waals surface area contributed by atoms with E-state index in [1.807, 2.05) is 0 Å². The zero-order valence-corrected chi connectivity index (χ0v) is 9.01. The Hall–Kier alpha value is -1.56. The Bertz CT molecular complexity index is 443.